The number of methoxy groups -OCH3 is 1. The van der Waals surface area contributed by atoms with Crippen molar-refractivity contribution in [1.29, 1.82) is 0 Å². The molecular weight excluding hydrogens is 346 g/mol. The Hall–Kier alpha value is -2.38. The highest BCUT2D eigenvalue weighted by Crippen LogP contribution is 2.28. The number of rotatable bonds is 6. The van der Waals surface area contributed by atoms with E-state index in [4.69, 9.17) is 4.74 Å². The van der Waals surface area contributed by atoms with Gasteiger partial charge < -0.3 is 15.0 Å². The van der Waals surface area contributed by atoms with Crippen LogP contribution < -0.4 is 15.0 Å². The van der Waals surface area contributed by atoms with Crippen molar-refractivity contribution >= 4 is 33.1 Å². The second-order valence-electron chi connectivity index (χ2n) is 6.29. The Morgan fingerprint density at radius 2 is 1.96 bits per heavy atom. The minimum absolute atomic E-state index is 0.886. The standard InChI is InChI=1S/C19H23N5OS/c1-25-17-5-3-2-4-16(17)24-11-9-23(10-12-24)8-7-20-18-15-6-13-26-19(15)22-14-21-18/h2-6,13-14H,7-12H2,1H3,(H,20,21,22). The maximum Gasteiger partial charge on any atom is 0.142 e. The highest BCUT2D eigenvalue weighted by molar-refractivity contribution is 7.16. The van der Waals surface area contributed by atoms with Gasteiger partial charge in [0.25, 0.3) is 0 Å². The summed E-state index contributed by atoms with van der Waals surface area (Å²) in [5.41, 5.74) is 1.19. The summed E-state index contributed by atoms with van der Waals surface area (Å²) >= 11 is 1.65. The van der Waals surface area contributed by atoms with E-state index in [2.05, 4.69) is 48.7 Å². The number of hydrogen-bond donors (Lipinski definition) is 1. The molecule has 26 heavy (non-hydrogen) atoms. The number of para-hydroxylation sites is 2. The van der Waals surface area contributed by atoms with Crippen LogP contribution in [0.1, 0.15) is 0 Å². The van der Waals surface area contributed by atoms with Gasteiger partial charge in [0.1, 0.15) is 22.7 Å². The maximum absolute atomic E-state index is 5.49. The lowest BCUT2D eigenvalue weighted by Crippen LogP contribution is -2.47. The van der Waals surface area contributed by atoms with Crippen LogP contribution >= 0.6 is 11.3 Å². The first-order valence-corrected chi connectivity index (χ1v) is 9.75. The smallest absolute Gasteiger partial charge is 0.142 e. The molecule has 1 aliphatic rings. The summed E-state index contributed by atoms with van der Waals surface area (Å²) in [5, 5.41) is 6.63. The molecule has 4 rings (SSSR count). The monoisotopic (exact) mass is 369 g/mol. The molecule has 0 aliphatic carbocycles. The summed E-state index contributed by atoms with van der Waals surface area (Å²) in [5.74, 6) is 1.88. The molecule has 0 saturated carbocycles. The second-order valence-corrected chi connectivity index (χ2v) is 7.18. The summed E-state index contributed by atoms with van der Waals surface area (Å²) in [6, 6.07) is 10.3. The van der Waals surface area contributed by atoms with E-state index in [0.717, 1.165) is 61.1 Å². The van der Waals surface area contributed by atoms with Crippen LogP contribution in [0.4, 0.5) is 11.5 Å². The van der Waals surface area contributed by atoms with E-state index in [0.29, 0.717) is 0 Å². The number of piperazine rings is 1. The van der Waals surface area contributed by atoms with Gasteiger partial charge in [-0.25, -0.2) is 9.97 Å². The zero-order valence-corrected chi connectivity index (χ0v) is 15.7. The fourth-order valence-electron chi connectivity index (χ4n) is 3.37. The fourth-order valence-corrected chi connectivity index (χ4v) is 4.10. The molecule has 0 unspecified atom stereocenters. The van der Waals surface area contributed by atoms with Crippen molar-refractivity contribution in [2.24, 2.45) is 0 Å². The third-order valence-corrected chi connectivity index (χ3v) is 5.60. The number of thiophene rings is 1. The van der Waals surface area contributed by atoms with Crippen LogP contribution in [0.3, 0.4) is 0 Å². The van der Waals surface area contributed by atoms with Crippen LogP contribution in [0.2, 0.25) is 0 Å². The molecule has 0 bridgehead atoms. The number of fused-ring (bicyclic) bond motifs is 1. The van der Waals surface area contributed by atoms with E-state index in [9.17, 15) is 0 Å². The van der Waals surface area contributed by atoms with Gasteiger partial charge in [-0.1, -0.05) is 12.1 Å². The van der Waals surface area contributed by atoms with Gasteiger partial charge in [0.05, 0.1) is 18.2 Å². The number of hydrogen-bond acceptors (Lipinski definition) is 7. The van der Waals surface area contributed by atoms with Crippen LogP contribution in [0.5, 0.6) is 5.75 Å². The largest absolute Gasteiger partial charge is 0.495 e. The normalized spacial score (nSPS) is 15.3. The summed E-state index contributed by atoms with van der Waals surface area (Å²) < 4.78 is 5.49. The number of ether oxygens (including phenoxy) is 1. The molecule has 1 fully saturated rings. The minimum atomic E-state index is 0.886. The van der Waals surface area contributed by atoms with Gasteiger partial charge >= 0.3 is 0 Å². The van der Waals surface area contributed by atoms with Crippen LogP contribution in [0.15, 0.2) is 42.0 Å². The average Bonchev–Trinajstić information content (AvgIpc) is 3.18. The first kappa shape index (κ1) is 17.1. The predicted octanol–water partition coefficient (Wildman–Crippen LogP) is 2.93. The van der Waals surface area contributed by atoms with Crippen molar-refractivity contribution < 1.29 is 4.74 Å². The van der Waals surface area contributed by atoms with Gasteiger partial charge in [-0.05, 0) is 23.6 Å². The molecular formula is C19H23N5OS. The highest BCUT2D eigenvalue weighted by Gasteiger charge is 2.19. The maximum atomic E-state index is 5.49. The molecule has 136 valence electrons. The fraction of sp³-hybridized carbons (Fsp3) is 0.368. The van der Waals surface area contributed by atoms with Gasteiger partial charge in [0.2, 0.25) is 0 Å². The lowest BCUT2D eigenvalue weighted by atomic mass is 10.2. The molecule has 0 spiro atoms. The van der Waals surface area contributed by atoms with Gasteiger partial charge in [0, 0.05) is 39.3 Å². The van der Waals surface area contributed by atoms with Crippen molar-refractivity contribution in [3.8, 4) is 5.75 Å². The third kappa shape index (κ3) is 3.59. The highest BCUT2D eigenvalue weighted by atomic mass is 32.1. The molecule has 1 N–H and O–H groups in total. The molecule has 7 heteroatoms. The zero-order valence-electron chi connectivity index (χ0n) is 14.9. The van der Waals surface area contributed by atoms with E-state index in [-0.39, 0.29) is 0 Å². The van der Waals surface area contributed by atoms with Crippen molar-refractivity contribution in [2.75, 3.05) is 56.6 Å². The molecule has 3 heterocycles. The third-order valence-electron chi connectivity index (χ3n) is 4.78. The number of nitrogens with one attached hydrogen (secondary N) is 1. The van der Waals surface area contributed by atoms with E-state index in [1.54, 1.807) is 24.8 Å². The molecule has 1 aromatic carbocycles. The van der Waals surface area contributed by atoms with E-state index < -0.39 is 0 Å². The Bertz CT molecular complexity index is 860. The number of nitrogens with zero attached hydrogens (tertiary/aromatic N) is 4. The first-order valence-electron chi connectivity index (χ1n) is 8.87. The summed E-state index contributed by atoms with van der Waals surface area (Å²) in [6.07, 6.45) is 1.63. The zero-order chi connectivity index (χ0) is 17.8. The second kappa shape index (κ2) is 7.88. The summed E-state index contributed by atoms with van der Waals surface area (Å²) in [7, 11) is 1.73. The Morgan fingerprint density at radius 1 is 1.12 bits per heavy atom. The summed E-state index contributed by atoms with van der Waals surface area (Å²) in [6.45, 7) is 6.03. The lowest BCUT2D eigenvalue weighted by molar-refractivity contribution is 0.266. The van der Waals surface area contributed by atoms with Gasteiger partial charge in [-0.3, -0.25) is 4.90 Å². The van der Waals surface area contributed by atoms with Gasteiger partial charge in [-0.2, -0.15) is 0 Å². The quantitative estimate of drug-likeness (QED) is 0.721. The van der Waals surface area contributed by atoms with Crippen LogP contribution in [-0.4, -0.2) is 61.2 Å². The number of aromatic nitrogens is 2. The van der Waals surface area contributed by atoms with Crippen molar-refractivity contribution in [3.63, 3.8) is 0 Å². The average molecular weight is 369 g/mol. The first-order chi connectivity index (χ1) is 12.8. The Kier molecular flexibility index (Phi) is 5.17. The molecule has 6 nitrogen and oxygen atoms in total. The van der Waals surface area contributed by atoms with Crippen LogP contribution in [0.25, 0.3) is 10.2 Å². The van der Waals surface area contributed by atoms with E-state index in [1.165, 1.54) is 5.69 Å². The molecule has 0 atom stereocenters. The van der Waals surface area contributed by atoms with Gasteiger partial charge in [-0.15, -0.1) is 11.3 Å². The SMILES string of the molecule is COc1ccccc1N1CCN(CCNc2ncnc3sccc23)CC1. The van der Waals surface area contributed by atoms with Crippen molar-refractivity contribution in [3.05, 3.63) is 42.0 Å². The molecule has 0 radical (unpaired) electrons. The number of benzene rings is 1. The minimum Gasteiger partial charge on any atom is -0.495 e. The van der Waals surface area contributed by atoms with Crippen LogP contribution in [0, 0.1) is 0 Å². The Labute approximate surface area is 157 Å². The Balaban J connectivity index is 1.28. The Morgan fingerprint density at radius 3 is 2.81 bits per heavy atom. The molecule has 3 aromatic rings. The van der Waals surface area contributed by atoms with Crippen LogP contribution in [-0.2, 0) is 0 Å². The van der Waals surface area contributed by atoms with Crippen molar-refractivity contribution in [1.82, 2.24) is 14.9 Å². The topological polar surface area (TPSA) is 53.5 Å². The molecule has 2 aromatic heterocycles. The molecule has 0 amide bonds. The van der Waals surface area contributed by atoms with E-state index >= 15 is 0 Å². The molecule has 1 saturated heterocycles. The molecule has 1 aliphatic heterocycles. The summed E-state index contributed by atoms with van der Waals surface area (Å²) in [4.78, 5) is 14.6. The predicted molar refractivity (Wildman–Crippen MR) is 108 cm³/mol. The lowest BCUT2D eigenvalue weighted by Gasteiger charge is -2.36. The van der Waals surface area contributed by atoms with Crippen molar-refractivity contribution in [2.45, 2.75) is 0 Å². The number of anilines is 2. The van der Waals surface area contributed by atoms with E-state index in [1.807, 2.05) is 12.1 Å². The van der Waals surface area contributed by atoms with Gasteiger partial charge in [0.15, 0.2) is 0 Å².